The zero-order valence-electron chi connectivity index (χ0n) is 19.1. The number of aromatic nitrogens is 2. The van der Waals surface area contributed by atoms with E-state index >= 15 is 0 Å². The molecule has 6 nitrogen and oxygen atoms in total. The summed E-state index contributed by atoms with van der Waals surface area (Å²) in [4.78, 5) is 27.3. The van der Waals surface area contributed by atoms with Gasteiger partial charge in [0.05, 0.1) is 28.1 Å². The van der Waals surface area contributed by atoms with Crippen molar-refractivity contribution in [1.29, 1.82) is 0 Å². The average molecular weight is 453 g/mol. The van der Waals surface area contributed by atoms with E-state index in [1.54, 1.807) is 68.7 Å². The molecule has 5 rings (SSSR count). The fourth-order valence-electron chi connectivity index (χ4n) is 4.85. The quantitative estimate of drug-likeness (QED) is 0.428. The van der Waals surface area contributed by atoms with Crippen LogP contribution in [-0.2, 0) is 14.1 Å². The Labute approximate surface area is 195 Å². The Morgan fingerprint density at radius 2 is 1.15 bits per heavy atom. The van der Waals surface area contributed by atoms with E-state index in [9.17, 15) is 19.8 Å². The summed E-state index contributed by atoms with van der Waals surface area (Å²) in [6.07, 6.45) is 0. The molecule has 6 heteroatoms. The van der Waals surface area contributed by atoms with E-state index in [4.69, 9.17) is 0 Å². The zero-order valence-corrected chi connectivity index (χ0v) is 19.1. The summed E-state index contributed by atoms with van der Waals surface area (Å²) >= 11 is 0. The van der Waals surface area contributed by atoms with E-state index in [1.807, 2.05) is 25.1 Å². The van der Waals surface area contributed by atoms with Crippen LogP contribution < -0.4 is 11.1 Å². The molecule has 0 spiro atoms. The van der Waals surface area contributed by atoms with Crippen molar-refractivity contribution in [1.82, 2.24) is 9.13 Å². The van der Waals surface area contributed by atoms with Crippen LogP contribution in [0.5, 0.6) is 11.5 Å². The third kappa shape index (κ3) is 3.10. The van der Waals surface area contributed by atoms with Gasteiger partial charge in [-0.05, 0) is 36.8 Å². The van der Waals surface area contributed by atoms with Gasteiger partial charge in [0, 0.05) is 24.9 Å². The van der Waals surface area contributed by atoms with Crippen LogP contribution in [-0.4, -0.2) is 19.3 Å². The topological polar surface area (TPSA) is 84.5 Å². The van der Waals surface area contributed by atoms with Gasteiger partial charge in [0.1, 0.15) is 11.5 Å². The Balaban J connectivity index is 1.98. The van der Waals surface area contributed by atoms with Crippen molar-refractivity contribution in [3.8, 4) is 11.5 Å². The van der Waals surface area contributed by atoms with Gasteiger partial charge in [-0.3, -0.25) is 9.59 Å². The molecule has 2 heterocycles. The Morgan fingerprint density at radius 1 is 0.676 bits per heavy atom. The van der Waals surface area contributed by atoms with Gasteiger partial charge in [0.15, 0.2) is 0 Å². The molecule has 0 aliphatic heterocycles. The van der Waals surface area contributed by atoms with Gasteiger partial charge in [-0.15, -0.1) is 0 Å². The number of hydrogen-bond donors (Lipinski definition) is 2. The summed E-state index contributed by atoms with van der Waals surface area (Å²) in [5.41, 5.74) is 1.94. The third-order valence-corrected chi connectivity index (χ3v) is 6.57. The fraction of sp³-hybridized carbons (Fsp3) is 0.143. The molecule has 0 amide bonds. The molecular weight excluding hydrogens is 428 g/mol. The first-order valence-electron chi connectivity index (χ1n) is 11.0. The van der Waals surface area contributed by atoms with Gasteiger partial charge < -0.3 is 19.3 Å². The lowest BCUT2D eigenvalue weighted by atomic mass is 9.83. The molecule has 34 heavy (non-hydrogen) atoms. The second-order valence-electron chi connectivity index (χ2n) is 8.63. The van der Waals surface area contributed by atoms with Crippen LogP contribution in [0.15, 0.2) is 82.4 Å². The Hall–Kier alpha value is -4.32. The molecule has 0 saturated carbocycles. The first-order chi connectivity index (χ1) is 16.3. The zero-order chi connectivity index (χ0) is 24.1. The van der Waals surface area contributed by atoms with Crippen molar-refractivity contribution in [2.75, 3.05) is 0 Å². The minimum atomic E-state index is -0.980. The summed E-state index contributed by atoms with van der Waals surface area (Å²) in [6, 6.07) is 21.6. The second kappa shape index (κ2) is 7.92. The molecule has 2 N–H and O–H groups in total. The van der Waals surface area contributed by atoms with Gasteiger partial charge >= 0.3 is 0 Å². The van der Waals surface area contributed by atoms with Crippen LogP contribution >= 0.6 is 0 Å². The normalized spacial score (nSPS) is 11.5. The number of hydrogen-bond acceptors (Lipinski definition) is 4. The number of rotatable bonds is 3. The first-order valence-corrected chi connectivity index (χ1v) is 11.0. The maximum atomic E-state index is 13.7. The number of aromatic hydroxyl groups is 2. The summed E-state index contributed by atoms with van der Waals surface area (Å²) in [7, 11) is 3.28. The number of aryl methyl sites for hydroxylation is 3. The van der Waals surface area contributed by atoms with Gasteiger partial charge in [-0.2, -0.15) is 0 Å². The molecular formula is C28H24N2O4. The van der Waals surface area contributed by atoms with Crippen molar-refractivity contribution < 1.29 is 10.2 Å². The van der Waals surface area contributed by atoms with Gasteiger partial charge in [0.2, 0.25) is 0 Å². The SMILES string of the molecule is Cc1cccc(C(c2c(O)c3ccccc3n(C)c2=O)c2c(O)c3ccccc3n(C)c2=O)c1. The molecule has 0 bridgehead atoms. The highest BCUT2D eigenvalue weighted by atomic mass is 16.3. The second-order valence-corrected chi connectivity index (χ2v) is 8.63. The van der Waals surface area contributed by atoms with Crippen molar-refractivity contribution in [2.24, 2.45) is 14.1 Å². The van der Waals surface area contributed by atoms with Gasteiger partial charge in [-0.1, -0.05) is 54.1 Å². The number of pyridine rings is 2. The lowest BCUT2D eigenvalue weighted by Gasteiger charge is -2.23. The highest BCUT2D eigenvalue weighted by Crippen LogP contribution is 2.41. The monoisotopic (exact) mass is 452 g/mol. The Kier molecular flexibility index (Phi) is 5.01. The molecule has 0 saturated heterocycles. The molecule has 0 fully saturated rings. The molecule has 5 aromatic rings. The van der Waals surface area contributed by atoms with E-state index in [-0.39, 0.29) is 22.6 Å². The summed E-state index contributed by atoms with van der Waals surface area (Å²) < 4.78 is 2.94. The molecule has 0 unspecified atom stereocenters. The van der Waals surface area contributed by atoms with E-state index < -0.39 is 17.0 Å². The third-order valence-electron chi connectivity index (χ3n) is 6.57. The largest absolute Gasteiger partial charge is 0.507 e. The van der Waals surface area contributed by atoms with Crippen molar-refractivity contribution in [3.05, 3.63) is 116 Å². The van der Waals surface area contributed by atoms with E-state index in [2.05, 4.69) is 0 Å². The first kappa shape index (κ1) is 21.5. The van der Waals surface area contributed by atoms with Crippen LogP contribution in [0.1, 0.15) is 28.2 Å². The smallest absolute Gasteiger partial charge is 0.258 e. The molecule has 0 radical (unpaired) electrons. The van der Waals surface area contributed by atoms with Crippen LogP contribution in [0.3, 0.4) is 0 Å². The standard InChI is InChI=1S/C28H24N2O4/c1-16-9-8-10-17(15-16)22(23-25(31)18-11-4-6-13-20(18)29(2)27(23)33)24-26(32)19-12-5-7-14-21(19)30(3)28(24)34/h4-15,22,31-32H,1-3H3. The minimum Gasteiger partial charge on any atom is -0.507 e. The predicted molar refractivity (Wildman–Crippen MR) is 134 cm³/mol. The highest BCUT2D eigenvalue weighted by molar-refractivity contribution is 5.89. The van der Waals surface area contributed by atoms with Crippen LogP contribution in [0, 0.1) is 6.92 Å². The molecule has 0 aliphatic rings. The maximum absolute atomic E-state index is 13.7. The average Bonchev–Trinajstić information content (AvgIpc) is 2.85. The summed E-state index contributed by atoms with van der Waals surface area (Å²) in [5.74, 6) is -1.37. The van der Waals surface area contributed by atoms with Crippen LogP contribution in [0.25, 0.3) is 21.8 Å². The van der Waals surface area contributed by atoms with E-state index in [1.165, 1.54) is 9.13 Å². The lowest BCUT2D eigenvalue weighted by molar-refractivity contribution is 0.460. The molecule has 0 aliphatic carbocycles. The Morgan fingerprint density at radius 3 is 1.62 bits per heavy atom. The molecule has 3 aromatic carbocycles. The van der Waals surface area contributed by atoms with Crippen LogP contribution in [0.4, 0.5) is 0 Å². The van der Waals surface area contributed by atoms with E-state index in [0.29, 0.717) is 27.4 Å². The molecule has 2 aromatic heterocycles. The van der Waals surface area contributed by atoms with Crippen molar-refractivity contribution in [3.63, 3.8) is 0 Å². The van der Waals surface area contributed by atoms with Gasteiger partial charge in [-0.25, -0.2) is 0 Å². The fourth-order valence-corrected chi connectivity index (χ4v) is 4.85. The summed E-state index contributed by atoms with van der Waals surface area (Å²) in [6.45, 7) is 1.91. The maximum Gasteiger partial charge on any atom is 0.258 e. The molecule has 170 valence electrons. The number of para-hydroxylation sites is 2. The lowest BCUT2D eigenvalue weighted by Crippen LogP contribution is -2.30. The Bertz CT molecular complexity index is 1610. The predicted octanol–water partition coefficient (Wildman–Crippen LogP) is 4.29. The van der Waals surface area contributed by atoms with Crippen LogP contribution in [0.2, 0.25) is 0 Å². The number of nitrogens with zero attached hydrogens (tertiary/aromatic N) is 2. The van der Waals surface area contributed by atoms with Crippen molar-refractivity contribution in [2.45, 2.75) is 12.8 Å². The minimum absolute atomic E-state index is 0.0504. The van der Waals surface area contributed by atoms with E-state index in [0.717, 1.165) is 5.56 Å². The highest BCUT2D eigenvalue weighted by Gasteiger charge is 2.32. The summed E-state index contributed by atoms with van der Waals surface area (Å²) in [5, 5.41) is 23.7. The number of fused-ring (bicyclic) bond motifs is 2. The van der Waals surface area contributed by atoms with Crippen molar-refractivity contribution >= 4 is 21.8 Å². The van der Waals surface area contributed by atoms with Gasteiger partial charge in [0.25, 0.3) is 11.1 Å². The molecule has 0 atom stereocenters. The number of benzene rings is 3.